The molecule has 5 rings (SSSR count). The normalized spacial score (nSPS) is 18.8. The van der Waals surface area contributed by atoms with E-state index in [-0.39, 0.29) is 5.91 Å². The fourth-order valence-electron chi connectivity index (χ4n) is 4.33. The number of carbonyl (C=O) groups is 1. The predicted molar refractivity (Wildman–Crippen MR) is 109 cm³/mol. The second-order valence-electron chi connectivity index (χ2n) is 7.75. The highest BCUT2D eigenvalue weighted by molar-refractivity contribution is 6.30. The van der Waals surface area contributed by atoms with Crippen LogP contribution in [0.4, 0.5) is 0 Å². The molecule has 0 unspecified atom stereocenters. The summed E-state index contributed by atoms with van der Waals surface area (Å²) in [5, 5.41) is 0.681. The Labute approximate surface area is 173 Å². The van der Waals surface area contributed by atoms with Crippen LogP contribution in [0.25, 0.3) is 11.1 Å². The zero-order valence-corrected chi connectivity index (χ0v) is 17.1. The molecule has 6 nitrogen and oxygen atoms in total. The van der Waals surface area contributed by atoms with E-state index < -0.39 is 5.79 Å². The zero-order chi connectivity index (χ0) is 20.0. The predicted octanol–water partition coefficient (Wildman–Crippen LogP) is 4.22. The average molecular weight is 415 g/mol. The van der Waals surface area contributed by atoms with E-state index in [1.165, 1.54) is 0 Å². The second kappa shape index (κ2) is 7.20. The van der Waals surface area contributed by atoms with Crippen LogP contribution in [0.15, 0.2) is 40.8 Å². The maximum absolute atomic E-state index is 13.4. The number of aromatic nitrogens is 1. The SMILES string of the molecule is Cc1cc2c(cc(C(=O)N3CCC4(CC3)OCCO4)n2Cc2cccc(Cl)c2)o1. The number of rotatable bonds is 3. The van der Waals surface area contributed by atoms with Gasteiger partial charge in [-0.05, 0) is 24.6 Å². The van der Waals surface area contributed by atoms with Crippen molar-refractivity contribution >= 4 is 28.6 Å². The van der Waals surface area contributed by atoms with Crippen molar-refractivity contribution in [2.75, 3.05) is 26.3 Å². The van der Waals surface area contributed by atoms with Gasteiger partial charge in [-0.15, -0.1) is 0 Å². The lowest BCUT2D eigenvalue weighted by atomic mass is 10.0. The van der Waals surface area contributed by atoms with Gasteiger partial charge in [0, 0.05) is 49.6 Å². The summed E-state index contributed by atoms with van der Waals surface area (Å²) in [7, 11) is 0. The van der Waals surface area contributed by atoms with Gasteiger partial charge in [-0.3, -0.25) is 4.79 Å². The molecular weight excluding hydrogens is 392 g/mol. The number of hydrogen-bond acceptors (Lipinski definition) is 4. The number of carbonyl (C=O) groups excluding carboxylic acids is 1. The second-order valence-corrected chi connectivity index (χ2v) is 8.19. The third-order valence-electron chi connectivity index (χ3n) is 5.79. The van der Waals surface area contributed by atoms with Crippen LogP contribution in [0.2, 0.25) is 5.02 Å². The van der Waals surface area contributed by atoms with Gasteiger partial charge in [-0.25, -0.2) is 0 Å². The molecule has 2 aromatic heterocycles. The minimum absolute atomic E-state index is 0.00364. The molecule has 1 spiro atoms. The Balaban J connectivity index is 1.44. The summed E-state index contributed by atoms with van der Waals surface area (Å²) in [6.45, 7) is 4.95. The van der Waals surface area contributed by atoms with Crippen molar-refractivity contribution < 1.29 is 18.7 Å². The molecule has 4 heterocycles. The van der Waals surface area contributed by atoms with Crippen molar-refractivity contribution in [3.05, 3.63) is 58.4 Å². The number of aryl methyl sites for hydroxylation is 1. The van der Waals surface area contributed by atoms with Crippen LogP contribution < -0.4 is 0 Å². The summed E-state index contributed by atoms with van der Waals surface area (Å²) in [4.78, 5) is 15.3. The average Bonchev–Trinajstić information content (AvgIpc) is 3.38. The van der Waals surface area contributed by atoms with Gasteiger partial charge in [0.1, 0.15) is 11.5 Å². The number of likely N-dealkylation sites (tertiary alicyclic amines) is 1. The van der Waals surface area contributed by atoms with Gasteiger partial charge in [-0.1, -0.05) is 23.7 Å². The summed E-state index contributed by atoms with van der Waals surface area (Å²) in [6.07, 6.45) is 1.39. The Bertz CT molecular complexity index is 1050. The van der Waals surface area contributed by atoms with E-state index in [0.717, 1.165) is 22.4 Å². The highest BCUT2D eigenvalue weighted by Gasteiger charge is 2.41. The molecule has 1 amide bonds. The third kappa shape index (κ3) is 3.45. The van der Waals surface area contributed by atoms with Crippen molar-refractivity contribution in [2.24, 2.45) is 0 Å². The molecule has 7 heteroatoms. The maximum atomic E-state index is 13.4. The van der Waals surface area contributed by atoms with E-state index in [1.807, 2.05) is 52.8 Å². The molecule has 0 radical (unpaired) electrons. The molecule has 0 atom stereocenters. The third-order valence-corrected chi connectivity index (χ3v) is 6.02. The minimum Gasteiger partial charge on any atom is -0.460 e. The van der Waals surface area contributed by atoms with Gasteiger partial charge in [0.25, 0.3) is 5.91 Å². The van der Waals surface area contributed by atoms with Crippen molar-refractivity contribution in [3.63, 3.8) is 0 Å². The molecular formula is C22H23ClN2O4. The maximum Gasteiger partial charge on any atom is 0.270 e. The molecule has 0 bridgehead atoms. The van der Waals surface area contributed by atoms with Gasteiger partial charge in [0.05, 0.1) is 18.7 Å². The topological polar surface area (TPSA) is 56.8 Å². The van der Waals surface area contributed by atoms with Gasteiger partial charge in [-0.2, -0.15) is 0 Å². The monoisotopic (exact) mass is 414 g/mol. The first-order valence-electron chi connectivity index (χ1n) is 9.94. The summed E-state index contributed by atoms with van der Waals surface area (Å²) >= 11 is 6.16. The van der Waals surface area contributed by atoms with Gasteiger partial charge in [0.15, 0.2) is 11.4 Å². The van der Waals surface area contributed by atoms with E-state index in [4.69, 9.17) is 25.5 Å². The van der Waals surface area contributed by atoms with E-state index in [2.05, 4.69) is 0 Å². The fraction of sp³-hybridized carbons (Fsp3) is 0.409. The van der Waals surface area contributed by atoms with Crippen molar-refractivity contribution in [3.8, 4) is 0 Å². The van der Waals surface area contributed by atoms with Crippen LogP contribution in [-0.4, -0.2) is 47.5 Å². The highest BCUT2D eigenvalue weighted by Crippen LogP contribution is 2.33. The molecule has 2 aliphatic rings. The van der Waals surface area contributed by atoms with E-state index in [9.17, 15) is 4.79 Å². The number of furan rings is 1. The van der Waals surface area contributed by atoms with Gasteiger partial charge < -0.3 is 23.4 Å². The molecule has 1 aromatic carbocycles. The lowest BCUT2D eigenvalue weighted by Crippen LogP contribution is -2.47. The molecule has 152 valence electrons. The number of fused-ring (bicyclic) bond motifs is 1. The van der Waals surface area contributed by atoms with Crippen LogP contribution in [0, 0.1) is 6.92 Å². The molecule has 2 fully saturated rings. The van der Waals surface area contributed by atoms with Crippen molar-refractivity contribution in [2.45, 2.75) is 32.1 Å². The number of amides is 1. The Morgan fingerprint density at radius 2 is 1.90 bits per heavy atom. The summed E-state index contributed by atoms with van der Waals surface area (Å²) in [5.41, 5.74) is 3.31. The number of ether oxygens (including phenoxy) is 2. The molecule has 0 N–H and O–H groups in total. The lowest BCUT2D eigenvalue weighted by Gasteiger charge is -2.37. The Morgan fingerprint density at radius 1 is 1.14 bits per heavy atom. The lowest BCUT2D eigenvalue weighted by molar-refractivity contribution is -0.181. The minimum atomic E-state index is -0.496. The Hall–Kier alpha value is -2.28. The summed E-state index contributed by atoms with van der Waals surface area (Å²) < 4.78 is 19.4. The molecule has 3 aromatic rings. The highest BCUT2D eigenvalue weighted by atomic mass is 35.5. The number of hydrogen-bond donors (Lipinski definition) is 0. The smallest absolute Gasteiger partial charge is 0.270 e. The van der Waals surface area contributed by atoms with Crippen LogP contribution in [0.5, 0.6) is 0 Å². The largest absolute Gasteiger partial charge is 0.460 e. The Morgan fingerprint density at radius 3 is 2.62 bits per heavy atom. The molecule has 2 aliphatic heterocycles. The van der Waals surface area contributed by atoms with Crippen molar-refractivity contribution in [1.29, 1.82) is 0 Å². The number of halogens is 1. The van der Waals surface area contributed by atoms with Crippen LogP contribution >= 0.6 is 11.6 Å². The number of nitrogens with zero attached hydrogens (tertiary/aromatic N) is 2. The van der Waals surface area contributed by atoms with Gasteiger partial charge >= 0.3 is 0 Å². The summed E-state index contributed by atoms with van der Waals surface area (Å²) in [6, 6.07) is 11.5. The molecule has 0 aliphatic carbocycles. The van der Waals surface area contributed by atoms with E-state index >= 15 is 0 Å². The molecule has 0 saturated carbocycles. The number of benzene rings is 1. The van der Waals surface area contributed by atoms with Crippen LogP contribution in [0.1, 0.15) is 34.7 Å². The Kier molecular flexibility index (Phi) is 4.65. The quantitative estimate of drug-likeness (QED) is 0.643. The van der Waals surface area contributed by atoms with Crippen molar-refractivity contribution in [1.82, 2.24) is 9.47 Å². The first kappa shape index (κ1) is 18.7. The van der Waals surface area contributed by atoms with E-state index in [1.54, 1.807) is 0 Å². The molecule has 29 heavy (non-hydrogen) atoms. The van der Waals surface area contributed by atoms with Gasteiger partial charge in [0.2, 0.25) is 0 Å². The van der Waals surface area contributed by atoms with Crippen LogP contribution in [-0.2, 0) is 16.0 Å². The first-order valence-corrected chi connectivity index (χ1v) is 10.3. The fourth-order valence-corrected chi connectivity index (χ4v) is 4.54. The zero-order valence-electron chi connectivity index (χ0n) is 16.3. The first-order chi connectivity index (χ1) is 14.0. The van der Waals surface area contributed by atoms with Crippen LogP contribution in [0.3, 0.4) is 0 Å². The van der Waals surface area contributed by atoms with E-state index in [0.29, 0.717) is 56.4 Å². The standard InChI is InChI=1S/C22H23ClN2O4/c1-15-11-18-20(29-15)13-19(25(18)14-16-3-2-4-17(23)12-16)21(26)24-7-5-22(6-8-24)27-9-10-28-22/h2-4,11-13H,5-10,14H2,1H3. The summed E-state index contributed by atoms with van der Waals surface area (Å²) in [5.74, 6) is 0.331. The molecule has 2 saturated heterocycles. The number of piperidine rings is 1.